The molecule has 0 unspecified atom stereocenters. The van der Waals surface area contributed by atoms with Crippen molar-refractivity contribution in [3.63, 3.8) is 0 Å². The fourth-order valence-electron chi connectivity index (χ4n) is 4.04. The molecule has 7 heteroatoms. The minimum atomic E-state index is 0.673. The molecule has 0 bridgehead atoms. The number of rotatable bonds is 4. The summed E-state index contributed by atoms with van der Waals surface area (Å²) in [6, 6.07) is 16.9. The summed E-state index contributed by atoms with van der Waals surface area (Å²) < 4.78 is 5.32. The number of thiophene rings is 1. The van der Waals surface area contributed by atoms with Crippen molar-refractivity contribution in [2.24, 2.45) is 0 Å². The van der Waals surface area contributed by atoms with Crippen LogP contribution in [0.25, 0.3) is 54.9 Å². The molecule has 32 heavy (non-hydrogen) atoms. The summed E-state index contributed by atoms with van der Waals surface area (Å²) in [5.41, 5.74) is 6.78. The highest BCUT2D eigenvalue weighted by molar-refractivity contribution is 7.15. The second-order valence-corrected chi connectivity index (χ2v) is 8.96. The van der Waals surface area contributed by atoms with Crippen molar-refractivity contribution in [3.8, 4) is 38.7 Å². The predicted octanol–water partition coefficient (Wildman–Crippen LogP) is 6.21. The summed E-state index contributed by atoms with van der Waals surface area (Å²) in [4.78, 5) is 15.0. The number of aryl methyl sites for hydroxylation is 1. The van der Waals surface area contributed by atoms with E-state index in [1.54, 1.807) is 13.3 Å². The number of benzene rings is 1. The Balaban J connectivity index is 1.49. The lowest BCUT2D eigenvalue weighted by Crippen LogP contribution is -1.87. The van der Waals surface area contributed by atoms with Crippen molar-refractivity contribution in [2.75, 3.05) is 7.11 Å². The lowest BCUT2D eigenvalue weighted by atomic mass is 10.1. The molecule has 0 atom stereocenters. The van der Waals surface area contributed by atoms with Crippen LogP contribution in [0.5, 0.6) is 5.75 Å². The van der Waals surface area contributed by atoms with Gasteiger partial charge in [0.15, 0.2) is 5.65 Å². The minimum absolute atomic E-state index is 0.673. The predicted molar refractivity (Wildman–Crippen MR) is 129 cm³/mol. The number of nitrogens with one attached hydrogen (secondary N) is 2. The highest BCUT2D eigenvalue weighted by atomic mass is 32.1. The number of fused-ring (bicyclic) bond motifs is 2. The fraction of sp³-hybridized carbons (Fsp3) is 0.0800. The van der Waals surface area contributed by atoms with E-state index in [9.17, 15) is 0 Å². The van der Waals surface area contributed by atoms with E-state index in [-0.39, 0.29) is 0 Å². The molecule has 0 aliphatic rings. The van der Waals surface area contributed by atoms with Gasteiger partial charge >= 0.3 is 0 Å². The first-order chi connectivity index (χ1) is 15.7. The summed E-state index contributed by atoms with van der Waals surface area (Å²) in [6.45, 7) is 2.13. The Bertz CT molecular complexity index is 1590. The van der Waals surface area contributed by atoms with E-state index in [0.717, 1.165) is 33.4 Å². The summed E-state index contributed by atoms with van der Waals surface area (Å²) in [6.07, 6.45) is 5.31. The molecule has 6 rings (SSSR count). The molecule has 2 N–H and O–H groups in total. The Labute approximate surface area is 187 Å². The molecule has 0 aliphatic heterocycles. The Morgan fingerprint density at radius 2 is 1.84 bits per heavy atom. The van der Waals surface area contributed by atoms with Gasteiger partial charge in [-0.05, 0) is 43.3 Å². The molecule has 1 aromatic carbocycles. The van der Waals surface area contributed by atoms with Crippen molar-refractivity contribution >= 4 is 33.3 Å². The van der Waals surface area contributed by atoms with Gasteiger partial charge in [0, 0.05) is 55.1 Å². The van der Waals surface area contributed by atoms with Gasteiger partial charge in [0.1, 0.15) is 5.75 Å². The summed E-state index contributed by atoms with van der Waals surface area (Å²) in [5, 5.41) is 9.73. The largest absolute Gasteiger partial charge is 0.495 e. The van der Waals surface area contributed by atoms with Crippen molar-refractivity contribution < 1.29 is 4.74 Å². The van der Waals surface area contributed by atoms with E-state index in [1.165, 1.54) is 20.7 Å². The first kappa shape index (κ1) is 18.8. The topological polar surface area (TPSA) is 79.5 Å². The molecular formula is C25H19N5OS. The Hall–Kier alpha value is -3.97. The average Bonchev–Trinajstić information content (AvgIpc) is 3.55. The van der Waals surface area contributed by atoms with E-state index in [1.807, 2.05) is 29.8 Å². The first-order valence-corrected chi connectivity index (χ1v) is 11.0. The van der Waals surface area contributed by atoms with Gasteiger partial charge in [-0.15, -0.1) is 11.3 Å². The third-order valence-electron chi connectivity index (χ3n) is 5.63. The number of aromatic nitrogens is 5. The number of ether oxygens (including phenoxy) is 1. The molecule has 156 valence electrons. The van der Waals surface area contributed by atoms with Gasteiger partial charge in [0.25, 0.3) is 0 Å². The number of methoxy groups -OCH3 is 1. The fourth-order valence-corrected chi connectivity index (χ4v) is 4.94. The standard InChI is InChI=1S/C25H19N5OS/c1-14-6-7-23(32-14)18-4-3-5-21-19(18)10-22(28-21)24-20-9-16(12-27-25(20)30-29-24)15-8-17(31-2)13-26-11-15/h3-13,28H,1-2H3,(H,27,29,30). The molecule has 0 amide bonds. The molecule has 0 saturated heterocycles. The normalized spacial score (nSPS) is 11.4. The molecule has 6 aromatic rings. The van der Waals surface area contributed by atoms with Crippen molar-refractivity contribution in [3.05, 3.63) is 72.0 Å². The van der Waals surface area contributed by atoms with E-state index >= 15 is 0 Å². The van der Waals surface area contributed by atoms with Gasteiger partial charge in [0.05, 0.1) is 24.7 Å². The van der Waals surface area contributed by atoms with Crippen LogP contribution in [0, 0.1) is 6.92 Å². The number of aromatic amines is 2. The molecule has 0 fully saturated rings. The summed E-state index contributed by atoms with van der Waals surface area (Å²) in [7, 11) is 1.64. The van der Waals surface area contributed by atoms with Gasteiger partial charge in [0.2, 0.25) is 0 Å². The molecule has 0 radical (unpaired) electrons. The Morgan fingerprint density at radius 3 is 2.69 bits per heavy atom. The molecule has 5 heterocycles. The van der Waals surface area contributed by atoms with Crippen LogP contribution >= 0.6 is 11.3 Å². The van der Waals surface area contributed by atoms with Gasteiger partial charge in [-0.1, -0.05) is 12.1 Å². The second-order valence-electron chi connectivity index (χ2n) is 7.67. The average molecular weight is 438 g/mol. The molecule has 0 spiro atoms. The van der Waals surface area contributed by atoms with Gasteiger partial charge < -0.3 is 9.72 Å². The zero-order valence-corrected chi connectivity index (χ0v) is 18.3. The second kappa shape index (κ2) is 7.32. The maximum atomic E-state index is 5.32. The van der Waals surface area contributed by atoms with Crippen LogP contribution in [0.2, 0.25) is 0 Å². The smallest absolute Gasteiger partial charge is 0.181 e. The first-order valence-electron chi connectivity index (χ1n) is 10.2. The molecule has 0 saturated carbocycles. The van der Waals surface area contributed by atoms with Gasteiger partial charge in [-0.2, -0.15) is 5.10 Å². The van der Waals surface area contributed by atoms with Crippen LogP contribution in [0.15, 0.2) is 67.1 Å². The molecule has 6 nitrogen and oxygen atoms in total. The van der Waals surface area contributed by atoms with Crippen molar-refractivity contribution in [2.45, 2.75) is 6.92 Å². The maximum Gasteiger partial charge on any atom is 0.181 e. The van der Waals surface area contributed by atoms with Crippen LogP contribution in [0.3, 0.4) is 0 Å². The van der Waals surface area contributed by atoms with Gasteiger partial charge in [-0.3, -0.25) is 10.1 Å². The van der Waals surface area contributed by atoms with E-state index < -0.39 is 0 Å². The van der Waals surface area contributed by atoms with E-state index in [0.29, 0.717) is 11.4 Å². The SMILES string of the molecule is COc1cncc(-c2cnc3n[nH]c(-c4cc5c(-c6ccc(C)s6)cccc5[nH]4)c3c2)c1. The lowest BCUT2D eigenvalue weighted by molar-refractivity contribution is 0.413. The molecule has 5 aromatic heterocycles. The number of hydrogen-bond donors (Lipinski definition) is 2. The highest BCUT2D eigenvalue weighted by Crippen LogP contribution is 2.37. The third kappa shape index (κ3) is 3.06. The maximum absolute atomic E-state index is 5.32. The lowest BCUT2D eigenvalue weighted by Gasteiger charge is -2.04. The minimum Gasteiger partial charge on any atom is -0.495 e. The van der Waals surface area contributed by atoms with E-state index in [4.69, 9.17) is 4.74 Å². The van der Waals surface area contributed by atoms with E-state index in [2.05, 4.69) is 74.5 Å². The Morgan fingerprint density at radius 1 is 0.938 bits per heavy atom. The van der Waals surface area contributed by atoms with Crippen LogP contribution in [-0.4, -0.2) is 32.3 Å². The number of nitrogens with zero attached hydrogens (tertiary/aromatic N) is 3. The highest BCUT2D eigenvalue weighted by Gasteiger charge is 2.15. The number of hydrogen-bond acceptors (Lipinski definition) is 5. The summed E-state index contributed by atoms with van der Waals surface area (Å²) in [5.74, 6) is 0.710. The molecular weight excluding hydrogens is 418 g/mol. The Kier molecular flexibility index (Phi) is 4.29. The molecule has 0 aliphatic carbocycles. The zero-order valence-electron chi connectivity index (χ0n) is 17.5. The third-order valence-corrected chi connectivity index (χ3v) is 6.67. The monoisotopic (exact) mass is 437 g/mol. The van der Waals surface area contributed by atoms with Crippen LogP contribution < -0.4 is 4.74 Å². The zero-order chi connectivity index (χ0) is 21.7. The van der Waals surface area contributed by atoms with Crippen molar-refractivity contribution in [1.82, 2.24) is 25.1 Å². The summed E-state index contributed by atoms with van der Waals surface area (Å²) >= 11 is 1.81. The van der Waals surface area contributed by atoms with Crippen LogP contribution in [0.4, 0.5) is 0 Å². The van der Waals surface area contributed by atoms with Crippen molar-refractivity contribution in [1.29, 1.82) is 0 Å². The number of pyridine rings is 2. The van der Waals surface area contributed by atoms with Gasteiger partial charge in [-0.25, -0.2) is 4.98 Å². The van der Waals surface area contributed by atoms with Crippen LogP contribution in [0.1, 0.15) is 4.88 Å². The number of H-pyrrole nitrogens is 2. The quantitative estimate of drug-likeness (QED) is 0.343. The van der Waals surface area contributed by atoms with Crippen LogP contribution in [-0.2, 0) is 0 Å².